The first kappa shape index (κ1) is 21.6. The van der Waals surface area contributed by atoms with Gasteiger partial charge < -0.3 is 10.1 Å². The predicted molar refractivity (Wildman–Crippen MR) is 123 cm³/mol. The van der Waals surface area contributed by atoms with Gasteiger partial charge in [-0.1, -0.05) is 47.5 Å². The van der Waals surface area contributed by atoms with Crippen LogP contribution in [0.2, 0.25) is 5.02 Å². The lowest BCUT2D eigenvalue weighted by Crippen LogP contribution is -2.32. The van der Waals surface area contributed by atoms with E-state index < -0.39 is 17.8 Å². The Kier molecular flexibility index (Phi) is 5.99. The van der Waals surface area contributed by atoms with Gasteiger partial charge in [-0.25, -0.2) is 9.69 Å². The summed E-state index contributed by atoms with van der Waals surface area (Å²) in [5.41, 5.74) is 2.06. The average Bonchev–Trinajstić information content (AvgIpc) is 2.99. The van der Waals surface area contributed by atoms with Crippen molar-refractivity contribution in [2.75, 3.05) is 10.2 Å². The van der Waals surface area contributed by atoms with Crippen LogP contribution in [0.3, 0.4) is 0 Å². The van der Waals surface area contributed by atoms with Crippen LogP contribution in [0, 0.1) is 6.92 Å². The number of para-hydroxylation sites is 1. The summed E-state index contributed by atoms with van der Waals surface area (Å²) in [7, 11) is 0. The van der Waals surface area contributed by atoms with Gasteiger partial charge in [0, 0.05) is 5.69 Å². The first-order valence-corrected chi connectivity index (χ1v) is 10.3. The maximum absolute atomic E-state index is 12.9. The van der Waals surface area contributed by atoms with Crippen LogP contribution < -0.4 is 15.0 Å². The highest BCUT2D eigenvalue weighted by molar-refractivity contribution is 6.53. The normalized spacial score (nSPS) is 13.5. The molecule has 1 aliphatic rings. The van der Waals surface area contributed by atoms with Crippen LogP contribution in [-0.4, -0.2) is 17.8 Å². The molecule has 0 saturated carbocycles. The lowest BCUT2D eigenvalue weighted by atomic mass is 10.2. The van der Waals surface area contributed by atoms with Crippen molar-refractivity contribution in [3.8, 4) is 5.75 Å². The first-order valence-electron chi connectivity index (χ1n) is 9.54. The lowest BCUT2D eigenvalue weighted by molar-refractivity contribution is -0.120. The number of carbonyl (C=O) groups is 3. The Morgan fingerprint density at radius 3 is 2.31 bits per heavy atom. The van der Waals surface area contributed by atoms with E-state index in [0.717, 1.165) is 10.5 Å². The lowest BCUT2D eigenvalue weighted by Gasteiger charge is -2.15. The molecule has 6 nitrogen and oxygen atoms in total. The van der Waals surface area contributed by atoms with Gasteiger partial charge in [-0.2, -0.15) is 0 Å². The summed E-state index contributed by atoms with van der Waals surface area (Å²) in [6.07, 6.45) is 0. The highest BCUT2D eigenvalue weighted by atomic mass is 35.5. The molecule has 0 atom stereocenters. The number of aryl methyl sites for hydroxylation is 1. The van der Waals surface area contributed by atoms with Gasteiger partial charge in [-0.05, 0) is 61.0 Å². The highest BCUT2D eigenvalue weighted by Crippen LogP contribution is 2.30. The monoisotopic (exact) mass is 466 g/mol. The number of anilines is 2. The van der Waals surface area contributed by atoms with E-state index >= 15 is 0 Å². The van der Waals surface area contributed by atoms with Crippen molar-refractivity contribution in [3.05, 3.63) is 99.7 Å². The van der Waals surface area contributed by atoms with Crippen molar-refractivity contribution in [1.82, 2.24) is 0 Å². The maximum Gasteiger partial charge on any atom is 0.343 e. The molecule has 1 aliphatic heterocycles. The molecule has 2 amide bonds. The molecule has 32 heavy (non-hydrogen) atoms. The quantitative estimate of drug-likeness (QED) is 0.313. The molecule has 0 bridgehead atoms. The Morgan fingerprint density at radius 1 is 0.906 bits per heavy atom. The van der Waals surface area contributed by atoms with Crippen LogP contribution >= 0.6 is 23.2 Å². The zero-order chi connectivity index (χ0) is 22.8. The standard InChI is InChI=1S/C24H16Cl2N2O4/c1-14-5-4-6-17(13-14)28-22(29)20(26)21(23(28)30)27-16-11-9-15(10-12-16)24(31)32-19-8-3-2-7-18(19)25/h2-13,27H,1H3. The molecule has 0 saturated heterocycles. The van der Waals surface area contributed by atoms with E-state index in [1.165, 1.54) is 12.1 Å². The summed E-state index contributed by atoms with van der Waals surface area (Å²) in [5, 5.41) is 2.99. The molecular formula is C24H16Cl2N2O4. The van der Waals surface area contributed by atoms with Crippen LogP contribution in [0.15, 0.2) is 83.5 Å². The topological polar surface area (TPSA) is 75.7 Å². The fourth-order valence-corrected chi connectivity index (χ4v) is 3.52. The molecule has 0 fully saturated rings. The van der Waals surface area contributed by atoms with Crippen molar-refractivity contribution in [3.63, 3.8) is 0 Å². The summed E-state index contributed by atoms with van der Waals surface area (Å²) in [5.74, 6) is -1.50. The minimum Gasteiger partial charge on any atom is -0.421 e. The van der Waals surface area contributed by atoms with Gasteiger partial charge >= 0.3 is 5.97 Å². The molecule has 3 aromatic rings. The Labute approximate surface area is 194 Å². The molecule has 160 valence electrons. The van der Waals surface area contributed by atoms with Crippen molar-refractivity contribution < 1.29 is 19.1 Å². The molecule has 0 aliphatic carbocycles. The van der Waals surface area contributed by atoms with Gasteiger partial charge in [0.1, 0.15) is 16.5 Å². The van der Waals surface area contributed by atoms with Crippen LogP contribution in [0.4, 0.5) is 11.4 Å². The maximum atomic E-state index is 12.9. The largest absolute Gasteiger partial charge is 0.421 e. The molecule has 0 spiro atoms. The fourth-order valence-electron chi connectivity index (χ4n) is 3.13. The van der Waals surface area contributed by atoms with Gasteiger partial charge in [0.25, 0.3) is 11.8 Å². The molecule has 8 heteroatoms. The SMILES string of the molecule is Cc1cccc(N2C(=O)C(Cl)=C(Nc3ccc(C(=O)Oc4ccccc4Cl)cc3)C2=O)c1. The van der Waals surface area contributed by atoms with E-state index in [1.54, 1.807) is 54.6 Å². The van der Waals surface area contributed by atoms with Gasteiger partial charge in [0.15, 0.2) is 0 Å². The Morgan fingerprint density at radius 2 is 1.62 bits per heavy atom. The van der Waals surface area contributed by atoms with E-state index in [1.807, 2.05) is 13.0 Å². The van der Waals surface area contributed by atoms with Gasteiger partial charge in [0.05, 0.1) is 16.3 Å². The van der Waals surface area contributed by atoms with Crippen molar-refractivity contribution in [2.45, 2.75) is 6.92 Å². The summed E-state index contributed by atoms with van der Waals surface area (Å²) in [6, 6.07) is 19.9. The third-order valence-electron chi connectivity index (χ3n) is 4.72. The Bertz CT molecular complexity index is 1270. The molecule has 0 radical (unpaired) electrons. The second kappa shape index (κ2) is 8.86. The van der Waals surface area contributed by atoms with Crippen molar-refractivity contribution in [1.29, 1.82) is 0 Å². The van der Waals surface area contributed by atoms with E-state index in [-0.39, 0.29) is 22.0 Å². The zero-order valence-electron chi connectivity index (χ0n) is 16.8. The molecule has 4 rings (SSSR count). The Hall–Kier alpha value is -3.61. The van der Waals surface area contributed by atoms with E-state index in [2.05, 4.69) is 5.32 Å². The third-order valence-corrected chi connectivity index (χ3v) is 5.38. The number of ether oxygens (including phenoxy) is 1. The number of hydrogen-bond donors (Lipinski definition) is 1. The summed E-state index contributed by atoms with van der Waals surface area (Å²) < 4.78 is 5.30. The number of halogens is 2. The molecular weight excluding hydrogens is 451 g/mol. The predicted octanol–water partition coefficient (Wildman–Crippen LogP) is 5.30. The van der Waals surface area contributed by atoms with Gasteiger partial charge in [0.2, 0.25) is 0 Å². The molecule has 0 aromatic heterocycles. The molecule has 3 aromatic carbocycles. The van der Waals surface area contributed by atoms with E-state index in [0.29, 0.717) is 16.4 Å². The summed E-state index contributed by atoms with van der Waals surface area (Å²) >= 11 is 12.2. The third kappa shape index (κ3) is 4.23. The number of imide groups is 1. The number of amides is 2. The number of carbonyl (C=O) groups excluding carboxylic acids is 3. The highest BCUT2D eigenvalue weighted by Gasteiger charge is 2.39. The smallest absolute Gasteiger partial charge is 0.343 e. The number of rotatable bonds is 5. The number of nitrogens with one attached hydrogen (secondary N) is 1. The minimum atomic E-state index is -0.607. The summed E-state index contributed by atoms with van der Waals surface area (Å²) in [6.45, 7) is 1.86. The molecule has 0 unspecified atom stereocenters. The number of nitrogens with zero attached hydrogens (tertiary/aromatic N) is 1. The Balaban J connectivity index is 1.49. The van der Waals surface area contributed by atoms with Crippen molar-refractivity contribution >= 4 is 52.4 Å². The van der Waals surface area contributed by atoms with Crippen LogP contribution in [0.25, 0.3) is 0 Å². The molecule has 1 heterocycles. The van der Waals surface area contributed by atoms with Crippen LogP contribution in [0.1, 0.15) is 15.9 Å². The van der Waals surface area contributed by atoms with E-state index in [4.69, 9.17) is 27.9 Å². The number of benzene rings is 3. The number of hydrogen-bond acceptors (Lipinski definition) is 5. The number of esters is 1. The molecule has 1 N–H and O–H groups in total. The van der Waals surface area contributed by atoms with E-state index in [9.17, 15) is 14.4 Å². The average molecular weight is 467 g/mol. The van der Waals surface area contributed by atoms with Gasteiger partial charge in [-0.3, -0.25) is 9.59 Å². The minimum absolute atomic E-state index is 0.0374. The van der Waals surface area contributed by atoms with Gasteiger partial charge in [-0.15, -0.1) is 0 Å². The second-order valence-electron chi connectivity index (χ2n) is 7.00. The van der Waals surface area contributed by atoms with Crippen LogP contribution in [0.5, 0.6) is 5.75 Å². The second-order valence-corrected chi connectivity index (χ2v) is 7.78. The zero-order valence-corrected chi connectivity index (χ0v) is 18.3. The van der Waals surface area contributed by atoms with Crippen LogP contribution in [-0.2, 0) is 9.59 Å². The summed E-state index contributed by atoms with van der Waals surface area (Å²) in [4.78, 5) is 38.8. The fraction of sp³-hybridized carbons (Fsp3) is 0.0417. The first-order chi connectivity index (χ1) is 15.3. The van der Waals surface area contributed by atoms with Crippen molar-refractivity contribution in [2.24, 2.45) is 0 Å².